The Kier molecular flexibility index (Phi) is 4.69. The number of carbonyl (C=O) groups is 1. The molecule has 5 nitrogen and oxygen atoms in total. The molecule has 0 radical (unpaired) electrons. The highest BCUT2D eigenvalue weighted by molar-refractivity contribution is 6.40. The first-order valence-electron chi connectivity index (χ1n) is 7.55. The van der Waals surface area contributed by atoms with E-state index >= 15 is 0 Å². The molecule has 2 unspecified atom stereocenters. The number of methoxy groups -OCH3 is 1. The molecule has 3 aliphatic rings. The number of aliphatic imine (C=N–C) groups is 1. The summed E-state index contributed by atoms with van der Waals surface area (Å²) in [6, 6.07) is 6.05. The Balaban J connectivity index is 0.000000485. The number of amides is 1. The predicted octanol–water partition coefficient (Wildman–Crippen LogP) is 2.81. The molecule has 1 aromatic rings. The highest BCUT2D eigenvalue weighted by Crippen LogP contribution is 2.48. The van der Waals surface area contributed by atoms with E-state index in [1.54, 1.807) is 7.11 Å². The van der Waals surface area contributed by atoms with Crippen LogP contribution in [0.25, 0.3) is 0 Å². The molecule has 1 N–H and O–H groups in total. The number of hydrogen-bond donors (Lipinski definition) is 1. The highest BCUT2D eigenvalue weighted by Gasteiger charge is 2.56. The third-order valence-corrected chi connectivity index (χ3v) is 4.83. The van der Waals surface area contributed by atoms with Gasteiger partial charge in [-0.1, -0.05) is 6.07 Å². The van der Waals surface area contributed by atoms with Crippen LogP contribution < -0.4 is 10.1 Å². The summed E-state index contributed by atoms with van der Waals surface area (Å²) in [6.45, 7) is 1.70. The fourth-order valence-electron chi connectivity index (χ4n) is 3.87. The molecular formula is C16H19Cl2N3O2. The number of nitrogens with one attached hydrogen (secondary N) is 1. The van der Waals surface area contributed by atoms with Crippen molar-refractivity contribution in [2.24, 2.45) is 4.99 Å². The van der Waals surface area contributed by atoms with Crippen molar-refractivity contribution >= 4 is 41.1 Å². The Labute approximate surface area is 145 Å². The van der Waals surface area contributed by atoms with E-state index in [1.165, 1.54) is 0 Å². The molecule has 0 aromatic heterocycles. The molecule has 7 heteroatoms. The van der Waals surface area contributed by atoms with Gasteiger partial charge in [-0.2, -0.15) is 0 Å². The summed E-state index contributed by atoms with van der Waals surface area (Å²) in [6.07, 6.45) is 3.81. The molecule has 2 atom stereocenters. The zero-order valence-electron chi connectivity index (χ0n) is 12.9. The second kappa shape index (κ2) is 6.57. The molecule has 124 valence electrons. The van der Waals surface area contributed by atoms with Crippen molar-refractivity contribution in [2.75, 3.05) is 30.9 Å². The van der Waals surface area contributed by atoms with Crippen molar-refractivity contribution in [1.29, 1.82) is 0 Å². The lowest BCUT2D eigenvalue weighted by atomic mass is 9.69. The van der Waals surface area contributed by atoms with Gasteiger partial charge in [0.1, 0.15) is 5.75 Å². The zero-order chi connectivity index (χ0) is 16.4. The Bertz CT molecular complexity index is 638. The Morgan fingerprint density at radius 2 is 2.26 bits per heavy atom. The number of fused-ring (bicyclic) bond motifs is 4. The van der Waals surface area contributed by atoms with Gasteiger partial charge < -0.3 is 15.0 Å². The summed E-state index contributed by atoms with van der Waals surface area (Å²) >= 11 is 9.53. The second-order valence-corrected chi connectivity index (χ2v) is 6.58. The second-order valence-electron chi connectivity index (χ2n) is 5.78. The first-order chi connectivity index (χ1) is 11.2. The smallest absolute Gasteiger partial charge is 0.237 e. The van der Waals surface area contributed by atoms with Gasteiger partial charge in [-0.3, -0.25) is 9.79 Å². The third kappa shape index (κ3) is 2.56. The molecule has 23 heavy (non-hydrogen) atoms. The summed E-state index contributed by atoms with van der Waals surface area (Å²) in [5.41, 5.74) is 1.54. The summed E-state index contributed by atoms with van der Waals surface area (Å²) in [7, 11) is 1.64. The highest BCUT2D eigenvalue weighted by atomic mass is 35.5. The van der Waals surface area contributed by atoms with Gasteiger partial charge in [0.25, 0.3) is 0 Å². The van der Waals surface area contributed by atoms with Crippen LogP contribution in [0.1, 0.15) is 18.4 Å². The minimum atomic E-state index is -0.448. The van der Waals surface area contributed by atoms with Gasteiger partial charge in [0.15, 0.2) is 0 Å². The molecule has 0 saturated carbocycles. The minimum absolute atomic E-state index is 0.112. The van der Waals surface area contributed by atoms with Gasteiger partial charge in [0, 0.05) is 18.3 Å². The molecule has 4 rings (SSSR count). The minimum Gasteiger partial charge on any atom is -0.497 e. The number of piperidine rings is 1. The van der Waals surface area contributed by atoms with E-state index in [2.05, 4.69) is 15.2 Å². The van der Waals surface area contributed by atoms with E-state index in [0.29, 0.717) is 6.54 Å². The van der Waals surface area contributed by atoms with Gasteiger partial charge in [-0.25, -0.2) is 0 Å². The first-order valence-corrected chi connectivity index (χ1v) is 8.62. The first kappa shape index (κ1) is 16.4. The summed E-state index contributed by atoms with van der Waals surface area (Å²) in [5, 5.41) is 3.24. The third-order valence-electron chi connectivity index (χ3n) is 4.83. The lowest BCUT2D eigenvalue weighted by molar-refractivity contribution is -0.123. The maximum Gasteiger partial charge on any atom is 0.237 e. The molecule has 1 spiro atoms. The number of rotatable bonds is 1. The maximum atomic E-state index is 12.7. The quantitative estimate of drug-likeness (QED) is 0.788. The van der Waals surface area contributed by atoms with E-state index in [1.807, 2.05) is 24.5 Å². The number of anilines is 1. The number of hydrogen-bond acceptors (Lipinski definition) is 4. The van der Waals surface area contributed by atoms with Crippen LogP contribution in [0.4, 0.5) is 5.69 Å². The van der Waals surface area contributed by atoms with E-state index in [-0.39, 0.29) is 17.3 Å². The normalized spacial score (nSPS) is 27.2. The van der Waals surface area contributed by atoms with Crippen molar-refractivity contribution in [1.82, 2.24) is 4.90 Å². The lowest BCUT2D eigenvalue weighted by Crippen LogP contribution is -2.56. The number of benzene rings is 1. The molecule has 3 heterocycles. The van der Waals surface area contributed by atoms with Crippen molar-refractivity contribution < 1.29 is 9.53 Å². The number of alkyl halides is 2. The molecule has 0 aliphatic carbocycles. The van der Waals surface area contributed by atoms with Crippen LogP contribution in [0.3, 0.4) is 0 Å². The molecule has 1 fully saturated rings. The summed E-state index contributed by atoms with van der Waals surface area (Å²) in [5.74, 6) is 0.886. The fraction of sp³-hybridized carbons (Fsp3) is 0.500. The van der Waals surface area contributed by atoms with E-state index < -0.39 is 5.41 Å². The standard InChI is InChI=1S/C15H17N3O2.CH2Cl2/c1-20-10-3-4-11-12(7-10)17-14(19)15(11)5-2-6-18-9-16-8-13(15)18;2-1-3/h3-4,7,9,13H,2,5-6,8H2,1H3,(H,17,19);1H2. The number of ether oxygens (including phenoxy) is 1. The molecule has 1 saturated heterocycles. The van der Waals surface area contributed by atoms with Crippen LogP contribution in [0, 0.1) is 0 Å². The monoisotopic (exact) mass is 355 g/mol. The van der Waals surface area contributed by atoms with Crippen molar-refractivity contribution in [3.63, 3.8) is 0 Å². The number of halogens is 2. The summed E-state index contributed by atoms with van der Waals surface area (Å²) < 4.78 is 5.25. The predicted molar refractivity (Wildman–Crippen MR) is 93.0 cm³/mol. The summed E-state index contributed by atoms with van der Waals surface area (Å²) in [4.78, 5) is 19.3. The largest absolute Gasteiger partial charge is 0.497 e. The Morgan fingerprint density at radius 3 is 3.00 bits per heavy atom. The van der Waals surface area contributed by atoms with Crippen LogP contribution in [-0.2, 0) is 10.2 Å². The van der Waals surface area contributed by atoms with Crippen LogP contribution in [-0.4, -0.2) is 48.7 Å². The van der Waals surface area contributed by atoms with Crippen molar-refractivity contribution in [2.45, 2.75) is 24.3 Å². The van der Waals surface area contributed by atoms with Crippen LogP contribution in [0.2, 0.25) is 0 Å². The van der Waals surface area contributed by atoms with Crippen LogP contribution in [0.5, 0.6) is 5.75 Å². The van der Waals surface area contributed by atoms with Gasteiger partial charge in [0.2, 0.25) is 5.91 Å². The van der Waals surface area contributed by atoms with E-state index in [4.69, 9.17) is 27.9 Å². The van der Waals surface area contributed by atoms with Gasteiger partial charge in [0.05, 0.1) is 36.8 Å². The zero-order valence-corrected chi connectivity index (χ0v) is 14.4. The molecular weight excluding hydrogens is 337 g/mol. The SMILES string of the molecule is COc1ccc2c(c1)NC(=O)C21CCCN2C=NCC21.ClCCl. The molecule has 3 aliphatic heterocycles. The average molecular weight is 356 g/mol. The average Bonchev–Trinajstić information content (AvgIpc) is 3.13. The van der Waals surface area contributed by atoms with Crippen molar-refractivity contribution in [3.05, 3.63) is 23.8 Å². The van der Waals surface area contributed by atoms with Crippen LogP contribution >= 0.6 is 23.2 Å². The van der Waals surface area contributed by atoms with Gasteiger partial charge in [-0.05, 0) is 24.5 Å². The van der Waals surface area contributed by atoms with Gasteiger partial charge >= 0.3 is 0 Å². The maximum absolute atomic E-state index is 12.7. The van der Waals surface area contributed by atoms with Crippen LogP contribution in [0.15, 0.2) is 23.2 Å². The number of carbonyl (C=O) groups excluding carboxylic acids is 1. The molecule has 0 bridgehead atoms. The van der Waals surface area contributed by atoms with E-state index in [0.717, 1.165) is 36.4 Å². The Hall–Kier alpha value is -1.46. The molecule has 1 amide bonds. The Morgan fingerprint density at radius 1 is 1.48 bits per heavy atom. The topological polar surface area (TPSA) is 53.9 Å². The number of nitrogens with zero attached hydrogens (tertiary/aromatic N) is 2. The molecule has 1 aromatic carbocycles. The lowest BCUT2D eigenvalue weighted by Gasteiger charge is -2.43. The fourth-order valence-corrected chi connectivity index (χ4v) is 3.87. The van der Waals surface area contributed by atoms with Crippen molar-refractivity contribution in [3.8, 4) is 5.75 Å². The van der Waals surface area contributed by atoms with E-state index in [9.17, 15) is 4.79 Å². The van der Waals surface area contributed by atoms with Gasteiger partial charge in [-0.15, -0.1) is 23.2 Å².